The van der Waals surface area contributed by atoms with Gasteiger partial charge in [0, 0.05) is 17.8 Å². The van der Waals surface area contributed by atoms with Crippen LogP contribution in [0.1, 0.15) is 44.6 Å². The van der Waals surface area contributed by atoms with Gasteiger partial charge in [-0.1, -0.05) is 37.8 Å². The summed E-state index contributed by atoms with van der Waals surface area (Å²) in [6, 6.07) is 0. The first-order valence-electron chi connectivity index (χ1n) is 8.34. The molecule has 0 amide bonds. The fraction of sp³-hybridized carbons (Fsp3) is 0.556. The Morgan fingerprint density at radius 2 is 2.25 bits per heavy atom. The van der Waals surface area contributed by atoms with Gasteiger partial charge in [0.25, 0.3) is 5.56 Å². The van der Waals surface area contributed by atoms with E-state index >= 15 is 0 Å². The molecule has 0 saturated carbocycles. The minimum absolute atomic E-state index is 0.0665. The van der Waals surface area contributed by atoms with Gasteiger partial charge in [-0.15, -0.1) is 11.3 Å². The molecule has 0 bridgehead atoms. The van der Waals surface area contributed by atoms with Gasteiger partial charge in [0.2, 0.25) is 0 Å². The molecule has 3 heterocycles. The van der Waals surface area contributed by atoms with Gasteiger partial charge in [-0.3, -0.25) is 9.36 Å². The quantitative estimate of drug-likeness (QED) is 0.448. The Labute approximate surface area is 150 Å². The second-order valence-corrected chi connectivity index (χ2v) is 8.94. The Morgan fingerprint density at radius 3 is 2.88 bits per heavy atom. The molecule has 130 valence electrons. The second kappa shape index (κ2) is 6.65. The van der Waals surface area contributed by atoms with E-state index in [9.17, 15) is 4.79 Å². The Balaban J connectivity index is 2.23. The van der Waals surface area contributed by atoms with Crippen LogP contribution in [0, 0.1) is 0 Å². The summed E-state index contributed by atoms with van der Waals surface area (Å²) in [7, 11) is 0. The number of allylic oxidation sites excluding steroid dienone is 1. The molecule has 1 atom stereocenters. The van der Waals surface area contributed by atoms with Crippen LogP contribution in [0.3, 0.4) is 0 Å². The van der Waals surface area contributed by atoms with Gasteiger partial charge >= 0.3 is 0 Å². The van der Waals surface area contributed by atoms with Gasteiger partial charge in [-0.2, -0.15) is 0 Å². The van der Waals surface area contributed by atoms with E-state index in [0.717, 1.165) is 50.0 Å². The van der Waals surface area contributed by atoms with Crippen LogP contribution in [0.15, 0.2) is 22.1 Å². The van der Waals surface area contributed by atoms with Crippen molar-refractivity contribution < 1.29 is 4.74 Å². The van der Waals surface area contributed by atoms with Crippen molar-refractivity contribution in [1.29, 1.82) is 0 Å². The molecule has 6 heteroatoms. The average molecular weight is 365 g/mol. The molecule has 2 aromatic heterocycles. The molecule has 0 unspecified atom stereocenters. The topological polar surface area (TPSA) is 44.1 Å². The third kappa shape index (κ3) is 3.07. The van der Waals surface area contributed by atoms with Crippen LogP contribution in [0.25, 0.3) is 10.2 Å². The Kier molecular flexibility index (Phi) is 4.91. The van der Waals surface area contributed by atoms with Crippen LogP contribution >= 0.6 is 23.1 Å². The smallest absolute Gasteiger partial charge is 0.263 e. The molecule has 1 aliphatic rings. The van der Waals surface area contributed by atoms with Gasteiger partial charge in [-0.05, 0) is 31.6 Å². The van der Waals surface area contributed by atoms with Crippen molar-refractivity contribution in [3.63, 3.8) is 0 Å². The van der Waals surface area contributed by atoms with E-state index in [4.69, 9.17) is 9.72 Å². The molecule has 0 N–H and O–H groups in total. The van der Waals surface area contributed by atoms with Gasteiger partial charge < -0.3 is 4.74 Å². The van der Waals surface area contributed by atoms with Crippen LogP contribution in [-0.2, 0) is 24.3 Å². The molecule has 0 aromatic carbocycles. The van der Waals surface area contributed by atoms with Gasteiger partial charge in [0.05, 0.1) is 17.6 Å². The summed E-state index contributed by atoms with van der Waals surface area (Å²) >= 11 is 3.22. The number of thiophene rings is 1. The monoisotopic (exact) mass is 364 g/mol. The first kappa shape index (κ1) is 17.7. The minimum Gasteiger partial charge on any atom is -0.369 e. The highest BCUT2D eigenvalue weighted by atomic mass is 32.2. The summed E-state index contributed by atoms with van der Waals surface area (Å²) in [5.41, 5.74) is 1.98. The highest BCUT2D eigenvalue weighted by molar-refractivity contribution is 7.99. The zero-order valence-electron chi connectivity index (χ0n) is 14.8. The van der Waals surface area contributed by atoms with E-state index in [1.807, 2.05) is 6.92 Å². The third-order valence-electron chi connectivity index (χ3n) is 4.51. The van der Waals surface area contributed by atoms with Crippen molar-refractivity contribution in [3.05, 3.63) is 32.9 Å². The Morgan fingerprint density at radius 1 is 1.50 bits per heavy atom. The number of hydrogen-bond donors (Lipinski definition) is 0. The standard InChI is InChI=1S/C18H24N2O2S2/c1-6-18(5)8-12-13(10-22-18)24-15-14(12)16(21)20(9-11(3)4)17(19-15)23-7-2/h3,6-10H2,1-2,4-5H3/t18-/m1/s1. The summed E-state index contributed by atoms with van der Waals surface area (Å²) in [4.78, 5) is 20.0. The summed E-state index contributed by atoms with van der Waals surface area (Å²) in [6.45, 7) is 13.4. The molecule has 0 saturated heterocycles. The minimum atomic E-state index is -0.191. The molecule has 0 aliphatic carbocycles. The van der Waals surface area contributed by atoms with Gasteiger partial charge in [0.15, 0.2) is 5.16 Å². The average Bonchev–Trinajstić information content (AvgIpc) is 2.88. The zero-order chi connectivity index (χ0) is 17.5. The third-order valence-corrected chi connectivity index (χ3v) is 6.47. The molecule has 0 radical (unpaired) electrons. The first-order chi connectivity index (χ1) is 11.4. The number of fused-ring (bicyclic) bond motifs is 3. The predicted octanol–water partition coefficient (Wildman–Crippen LogP) is 4.39. The molecule has 0 spiro atoms. The summed E-state index contributed by atoms with van der Waals surface area (Å²) in [5.74, 6) is 0.885. The number of rotatable bonds is 5. The van der Waals surface area contributed by atoms with E-state index < -0.39 is 0 Å². The molecule has 3 rings (SSSR count). The Hall–Kier alpha value is -1.11. The van der Waals surface area contributed by atoms with Crippen molar-refractivity contribution in [2.75, 3.05) is 5.75 Å². The predicted molar refractivity (Wildman–Crippen MR) is 102 cm³/mol. The number of ether oxygens (including phenoxy) is 1. The van der Waals surface area contributed by atoms with Crippen LogP contribution < -0.4 is 5.56 Å². The number of aromatic nitrogens is 2. The zero-order valence-corrected chi connectivity index (χ0v) is 16.4. The number of thioether (sulfide) groups is 1. The van der Waals surface area contributed by atoms with Crippen molar-refractivity contribution in [1.82, 2.24) is 9.55 Å². The maximum atomic E-state index is 13.2. The fourth-order valence-corrected chi connectivity index (χ4v) is 4.88. The molecule has 2 aromatic rings. The molecule has 24 heavy (non-hydrogen) atoms. The van der Waals surface area contributed by atoms with E-state index in [1.165, 1.54) is 0 Å². The maximum Gasteiger partial charge on any atom is 0.263 e. The molecular weight excluding hydrogens is 340 g/mol. The molecule has 4 nitrogen and oxygen atoms in total. The lowest BCUT2D eigenvalue weighted by atomic mass is 9.90. The van der Waals surface area contributed by atoms with Crippen molar-refractivity contribution in [2.24, 2.45) is 0 Å². The van der Waals surface area contributed by atoms with E-state index in [-0.39, 0.29) is 11.2 Å². The van der Waals surface area contributed by atoms with Crippen molar-refractivity contribution in [3.8, 4) is 0 Å². The summed E-state index contributed by atoms with van der Waals surface area (Å²) in [6.07, 6.45) is 1.71. The van der Waals surface area contributed by atoms with Crippen LogP contribution in [-0.4, -0.2) is 20.9 Å². The van der Waals surface area contributed by atoms with Crippen molar-refractivity contribution >= 4 is 33.3 Å². The summed E-state index contributed by atoms with van der Waals surface area (Å²) in [5, 5.41) is 1.58. The number of nitrogens with zero attached hydrogens (tertiary/aromatic N) is 2. The van der Waals surface area contributed by atoms with Gasteiger partial charge in [0.1, 0.15) is 4.83 Å². The molecule has 1 aliphatic heterocycles. The van der Waals surface area contributed by atoms with E-state index in [0.29, 0.717) is 13.2 Å². The number of hydrogen-bond acceptors (Lipinski definition) is 5. The normalized spacial score (nSPS) is 20.3. The largest absolute Gasteiger partial charge is 0.369 e. The molecule has 0 fully saturated rings. The van der Waals surface area contributed by atoms with E-state index in [2.05, 4.69) is 27.4 Å². The lowest BCUT2D eigenvalue weighted by Gasteiger charge is -2.32. The lowest BCUT2D eigenvalue weighted by molar-refractivity contribution is -0.0543. The fourth-order valence-electron chi connectivity index (χ4n) is 3.01. The van der Waals surface area contributed by atoms with Crippen LogP contribution in [0.5, 0.6) is 0 Å². The second-order valence-electron chi connectivity index (χ2n) is 6.63. The first-order valence-corrected chi connectivity index (χ1v) is 10.1. The molecular formula is C18H24N2O2S2. The van der Waals surface area contributed by atoms with Crippen LogP contribution in [0.4, 0.5) is 0 Å². The van der Waals surface area contributed by atoms with E-state index in [1.54, 1.807) is 27.7 Å². The highest BCUT2D eigenvalue weighted by Gasteiger charge is 2.33. The van der Waals surface area contributed by atoms with Crippen molar-refractivity contribution in [2.45, 2.75) is 64.4 Å². The Bertz CT molecular complexity index is 853. The van der Waals surface area contributed by atoms with Crippen LogP contribution in [0.2, 0.25) is 0 Å². The summed E-state index contributed by atoms with van der Waals surface area (Å²) < 4.78 is 7.82. The SMILES string of the molecule is C=C(C)Cn1c(SCC)nc2sc3c(c2c1=O)C[C@@](C)(CC)OC3. The van der Waals surface area contributed by atoms with Gasteiger partial charge in [-0.25, -0.2) is 4.98 Å². The lowest BCUT2D eigenvalue weighted by Crippen LogP contribution is -2.34. The maximum absolute atomic E-state index is 13.2. The highest BCUT2D eigenvalue weighted by Crippen LogP contribution is 2.38.